The van der Waals surface area contributed by atoms with E-state index in [9.17, 15) is 0 Å². The zero-order chi connectivity index (χ0) is 23.7. The van der Waals surface area contributed by atoms with Gasteiger partial charge >= 0.3 is 0 Å². The van der Waals surface area contributed by atoms with Gasteiger partial charge in [-0.1, -0.05) is 54.6 Å². The van der Waals surface area contributed by atoms with Crippen LogP contribution in [0, 0.1) is 20.8 Å². The van der Waals surface area contributed by atoms with Crippen molar-refractivity contribution < 1.29 is 0 Å². The van der Waals surface area contributed by atoms with Crippen molar-refractivity contribution in [3.8, 4) is 0 Å². The van der Waals surface area contributed by atoms with Gasteiger partial charge in [-0.05, 0) is 62.8 Å². The molecule has 0 saturated heterocycles. The molecule has 0 heterocycles. The number of halogens is 6. The molecule has 0 radical (unpaired) electrons. The van der Waals surface area contributed by atoms with Gasteiger partial charge < -0.3 is 0 Å². The van der Waals surface area contributed by atoms with Crippen molar-refractivity contribution in [3.63, 3.8) is 0 Å². The highest BCUT2D eigenvalue weighted by Crippen LogP contribution is 2.71. The number of hydrogen-bond donors (Lipinski definition) is 0. The summed E-state index contributed by atoms with van der Waals surface area (Å²) < 4.78 is -2.99. The van der Waals surface area contributed by atoms with Crippen molar-refractivity contribution >= 4 is 98.5 Å². The van der Waals surface area contributed by atoms with Crippen LogP contribution in [0.4, 0.5) is 0 Å². The fraction of sp³-hybridized carbons (Fsp3) is 0.250. The van der Waals surface area contributed by atoms with E-state index >= 15 is 0 Å². The third kappa shape index (κ3) is 4.11. The van der Waals surface area contributed by atoms with Gasteiger partial charge in [0.15, 0.2) is 0 Å². The third-order valence-electron chi connectivity index (χ3n) is 6.37. The molecule has 0 unspecified atom stereocenters. The summed E-state index contributed by atoms with van der Waals surface area (Å²) in [6.45, 7) is 6.23. The van der Waals surface area contributed by atoms with Crippen molar-refractivity contribution in [2.45, 2.75) is 35.0 Å². The molecule has 170 valence electrons. The molecule has 0 aliphatic heterocycles. The van der Waals surface area contributed by atoms with Gasteiger partial charge in [0.05, 0.1) is 15.9 Å². The third-order valence-corrected chi connectivity index (χ3v) is 15.9. The molecule has 0 nitrogen and oxygen atoms in total. The van der Waals surface area contributed by atoms with E-state index in [4.69, 9.17) is 69.6 Å². The second kappa shape index (κ2) is 10.7. The predicted octanol–water partition coefficient (Wildman–Crippen LogP) is 7.88. The van der Waals surface area contributed by atoms with Gasteiger partial charge in [0.25, 0.3) is 5.87 Å². The quantitative estimate of drug-likeness (QED) is 0.155. The minimum Gasteiger partial charge on any atom is -0.144 e. The van der Waals surface area contributed by atoms with Crippen LogP contribution in [0.1, 0.15) is 16.7 Å². The molecule has 0 amide bonds. The van der Waals surface area contributed by atoms with Gasteiger partial charge in [-0.3, -0.25) is 0 Å². The molecule has 3 aromatic carbocycles. The lowest BCUT2D eigenvalue weighted by molar-refractivity contribution is 1.46. The number of aryl methyl sites for hydroxylation is 3. The van der Waals surface area contributed by atoms with Crippen LogP contribution in [-0.2, 0) is 0 Å². The zero-order valence-corrected chi connectivity index (χ0v) is 23.4. The maximum Gasteiger partial charge on any atom is 0.276 e. The Morgan fingerprint density at radius 1 is 0.500 bits per heavy atom. The Kier molecular flexibility index (Phi) is 8.83. The second-order valence-corrected chi connectivity index (χ2v) is 15.4. The Labute approximate surface area is 221 Å². The minimum atomic E-state index is -2.80. The molecule has 0 atom stereocenters. The minimum absolute atomic E-state index is 0.998. The van der Waals surface area contributed by atoms with Crippen LogP contribution >= 0.6 is 76.7 Å². The summed E-state index contributed by atoms with van der Waals surface area (Å²) in [6.07, 6.45) is 0. The van der Waals surface area contributed by atoms with E-state index in [1.165, 1.54) is 0 Å². The van der Waals surface area contributed by atoms with E-state index in [2.05, 4.69) is 57.2 Å². The topological polar surface area (TPSA) is 0 Å². The van der Waals surface area contributed by atoms with E-state index in [1.54, 1.807) is 0 Å². The molecule has 0 saturated carbocycles. The lowest BCUT2D eigenvalue weighted by atomic mass is 9.52. The number of rotatable bonds is 7. The smallest absolute Gasteiger partial charge is 0.144 e. The summed E-state index contributed by atoms with van der Waals surface area (Å²) in [5, 5.41) is 3.23. The van der Waals surface area contributed by atoms with Crippen molar-refractivity contribution in [3.05, 3.63) is 89.5 Å². The molecular formula is C24H24BCl6P. The van der Waals surface area contributed by atoms with E-state index < -0.39 is 27.2 Å². The maximum atomic E-state index is 6.86. The van der Waals surface area contributed by atoms with Gasteiger partial charge in [0.1, 0.15) is 0 Å². The first-order valence-corrected chi connectivity index (χ1v) is 14.7. The van der Waals surface area contributed by atoms with Crippen LogP contribution in [-0.4, -0.2) is 20.1 Å². The molecule has 0 bridgehead atoms. The molecule has 0 aliphatic carbocycles. The van der Waals surface area contributed by atoms with Crippen LogP contribution in [0.15, 0.2) is 72.8 Å². The van der Waals surface area contributed by atoms with Crippen LogP contribution < -0.4 is 15.9 Å². The molecule has 32 heavy (non-hydrogen) atoms. The van der Waals surface area contributed by atoms with Gasteiger partial charge in [0, 0.05) is 14.2 Å². The zero-order valence-electron chi connectivity index (χ0n) is 18.0. The Hall–Kier alpha value is -0.105. The van der Waals surface area contributed by atoms with Crippen LogP contribution in [0.2, 0.25) is 0 Å². The monoisotopic (exact) mass is 564 g/mol. The summed E-state index contributed by atoms with van der Waals surface area (Å²) >= 11 is 41.2. The predicted molar refractivity (Wildman–Crippen MR) is 152 cm³/mol. The summed E-state index contributed by atoms with van der Waals surface area (Å²) in [5.41, 5.74) is 3.24. The van der Waals surface area contributed by atoms with Gasteiger partial charge in [-0.15, -0.1) is 69.6 Å². The molecule has 0 aliphatic rings. The lowest BCUT2D eigenvalue weighted by Crippen LogP contribution is -2.65. The van der Waals surface area contributed by atoms with E-state index in [1.807, 2.05) is 36.4 Å². The van der Waals surface area contributed by atoms with Crippen molar-refractivity contribution in [2.75, 3.05) is 0 Å². The highest BCUT2D eigenvalue weighted by Gasteiger charge is 2.68. The van der Waals surface area contributed by atoms with E-state index in [-0.39, 0.29) is 0 Å². The average molecular weight is 567 g/mol. The van der Waals surface area contributed by atoms with Crippen molar-refractivity contribution in [2.24, 2.45) is 0 Å². The van der Waals surface area contributed by atoms with Crippen molar-refractivity contribution in [1.82, 2.24) is 0 Å². The average Bonchev–Trinajstić information content (AvgIpc) is 2.73. The Morgan fingerprint density at radius 3 is 0.969 bits per heavy atom. The molecular weight excluding hydrogens is 543 g/mol. The van der Waals surface area contributed by atoms with E-state index in [0.29, 0.717) is 0 Å². The first kappa shape index (κ1) is 26.5. The van der Waals surface area contributed by atoms with Crippen LogP contribution in [0.5, 0.6) is 0 Å². The number of alkyl halides is 6. The maximum absolute atomic E-state index is 6.86. The Bertz CT molecular complexity index is 953. The summed E-state index contributed by atoms with van der Waals surface area (Å²) in [6, 6.07) is 24.6. The number of benzene rings is 3. The molecule has 0 spiro atoms. The molecule has 8 heteroatoms. The normalized spacial score (nSPS) is 12.8. The highest BCUT2D eigenvalue weighted by molar-refractivity contribution is 8.24. The second-order valence-electron chi connectivity index (χ2n) is 8.11. The number of hydrogen-bond acceptors (Lipinski definition) is 0. The van der Waals surface area contributed by atoms with E-state index in [0.717, 1.165) is 32.6 Å². The first-order chi connectivity index (χ1) is 15.1. The van der Waals surface area contributed by atoms with Gasteiger partial charge in [-0.25, -0.2) is 0 Å². The Morgan fingerprint density at radius 2 is 0.750 bits per heavy atom. The van der Waals surface area contributed by atoms with Crippen molar-refractivity contribution in [1.29, 1.82) is 0 Å². The molecule has 3 rings (SSSR count). The lowest BCUT2D eigenvalue weighted by Gasteiger charge is -2.53. The summed E-state index contributed by atoms with van der Waals surface area (Å²) in [4.78, 5) is 0. The van der Waals surface area contributed by atoms with Crippen LogP contribution in [0.25, 0.3) is 0 Å². The Balaban J connectivity index is 2.74. The SMILES string of the molecule is Cc1ccccc1[P+](c1ccccc1C)(c1ccccc1C)[B-](C(Cl)Cl)(C(Cl)Cl)C(Cl)Cl. The first-order valence-electron chi connectivity index (χ1n) is 10.2. The standard InChI is InChI=1S/C24H24BCl6P/c1-16-10-4-7-13-19(16)32(20-14-8-5-11-17(20)2,21-15-9-6-12-18(21)3)25(22(26)27,23(28)29)24(30)31/h4-15,22-24H,1-3H3. The molecule has 0 N–H and O–H groups in total. The largest absolute Gasteiger partial charge is 0.276 e. The van der Waals surface area contributed by atoms with Gasteiger partial charge in [-0.2, -0.15) is 0 Å². The van der Waals surface area contributed by atoms with Crippen LogP contribution in [0.3, 0.4) is 0 Å². The molecule has 3 aromatic rings. The molecule has 0 aromatic heterocycles. The fourth-order valence-corrected chi connectivity index (χ4v) is 16.6. The molecule has 0 fully saturated rings. The van der Waals surface area contributed by atoms with Gasteiger partial charge in [0.2, 0.25) is 0 Å². The summed E-state index contributed by atoms with van der Waals surface area (Å²) in [5.74, 6) is -2.25. The highest BCUT2D eigenvalue weighted by atomic mass is 35.5. The fourth-order valence-electron chi connectivity index (χ4n) is 4.83. The summed E-state index contributed by atoms with van der Waals surface area (Å²) in [7, 11) is -2.80.